The van der Waals surface area contributed by atoms with Gasteiger partial charge < -0.3 is 5.11 Å². The third-order valence-electron chi connectivity index (χ3n) is 3.88. The van der Waals surface area contributed by atoms with Gasteiger partial charge in [0.25, 0.3) is 0 Å². The summed E-state index contributed by atoms with van der Waals surface area (Å²) in [5.74, 6) is -1.70. The molecule has 0 aromatic heterocycles. The monoisotopic (exact) mass is 315 g/mol. The van der Waals surface area contributed by atoms with Gasteiger partial charge in [0.15, 0.2) is 0 Å². The van der Waals surface area contributed by atoms with Gasteiger partial charge in [0.1, 0.15) is 11.9 Å². The number of hydrogen-bond donors (Lipinski definition) is 1. The van der Waals surface area contributed by atoms with Gasteiger partial charge in [-0.15, -0.1) is 0 Å². The molecule has 0 spiro atoms. The molecule has 1 aromatic rings. The Balaban J connectivity index is 2.46. The lowest BCUT2D eigenvalue weighted by Crippen LogP contribution is -2.56. The predicted octanol–water partition coefficient (Wildman–Crippen LogP) is 2.09. The molecule has 1 fully saturated rings. The van der Waals surface area contributed by atoms with E-state index in [1.807, 2.05) is 0 Å². The minimum atomic E-state index is -3.96. The molecule has 0 saturated carbocycles. The van der Waals surface area contributed by atoms with Crippen LogP contribution in [0.2, 0.25) is 0 Å². The lowest BCUT2D eigenvalue weighted by molar-refractivity contribution is -0.147. The van der Waals surface area contributed by atoms with E-state index >= 15 is 0 Å². The van der Waals surface area contributed by atoms with E-state index in [1.54, 1.807) is 13.8 Å². The van der Waals surface area contributed by atoms with Gasteiger partial charge in [-0.3, -0.25) is 4.79 Å². The highest BCUT2D eigenvalue weighted by Gasteiger charge is 2.47. The van der Waals surface area contributed by atoms with Crippen LogP contribution in [0.5, 0.6) is 0 Å². The van der Waals surface area contributed by atoms with Crippen LogP contribution in [0.15, 0.2) is 29.2 Å². The van der Waals surface area contributed by atoms with Gasteiger partial charge in [0.2, 0.25) is 10.0 Å². The molecule has 1 N–H and O–H groups in total. The average Bonchev–Trinajstić information content (AvgIpc) is 2.37. The Hall–Kier alpha value is -1.47. The van der Waals surface area contributed by atoms with Crippen molar-refractivity contribution in [2.45, 2.75) is 37.6 Å². The van der Waals surface area contributed by atoms with Crippen molar-refractivity contribution in [3.8, 4) is 0 Å². The Bertz CT molecular complexity index is 639. The number of sulfonamides is 1. The number of nitrogens with zero attached hydrogens (tertiary/aromatic N) is 1. The second kappa shape index (κ2) is 5.38. The molecule has 1 atom stereocenters. The van der Waals surface area contributed by atoms with Crippen molar-refractivity contribution in [2.75, 3.05) is 6.54 Å². The summed E-state index contributed by atoms with van der Waals surface area (Å²) in [6.45, 7) is 3.65. The fourth-order valence-corrected chi connectivity index (χ4v) is 4.58. The quantitative estimate of drug-likeness (QED) is 0.927. The number of halogens is 1. The number of rotatable bonds is 3. The summed E-state index contributed by atoms with van der Waals surface area (Å²) in [5.41, 5.74) is -0.656. The molecule has 21 heavy (non-hydrogen) atoms. The van der Waals surface area contributed by atoms with E-state index in [0.717, 1.165) is 28.6 Å². The zero-order chi connectivity index (χ0) is 15.8. The van der Waals surface area contributed by atoms with E-state index < -0.39 is 33.3 Å². The summed E-state index contributed by atoms with van der Waals surface area (Å²) >= 11 is 0. The normalized spacial score (nSPS) is 22.9. The number of carbonyl (C=O) groups is 1. The number of benzene rings is 1. The van der Waals surface area contributed by atoms with Gasteiger partial charge in [-0.25, -0.2) is 12.8 Å². The first-order chi connectivity index (χ1) is 9.66. The van der Waals surface area contributed by atoms with Crippen LogP contribution in [0, 0.1) is 11.2 Å². The van der Waals surface area contributed by atoms with Crippen LogP contribution in [-0.4, -0.2) is 36.4 Å². The molecule has 1 saturated heterocycles. The summed E-state index contributed by atoms with van der Waals surface area (Å²) in [7, 11) is -3.96. The van der Waals surface area contributed by atoms with Crippen molar-refractivity contribution < 1.29 is 22.7 Å². The maximum atomic E-state index is 12.9. The Kier molecular flexibility index (Phi) is 4.08. The average molecular weight is 315 g/mol. The molecule has 0 amide bonds. The van der Waals surface area contributed by atoms with Crippen molar-refractivity contribution in [2.24, 2.45) is 5.41 Å². The number of piperidine rings is 1. The van der Waals surface area contributed by atoms with Crippen LogP contribution in [0.25, 0.3) is 0 Å². The number of aliphatic carboxylic acids is 1. The lowest BCUT2D eigenvalue weighted by atomic mass is 9.77. The minimum Gasteiger partial charge on any atom is -0.480 e. The molecular weight excluding hydrogens is 297 g/mol. The largest absolute Gasteiger partial charge is 0.480 e. The van der Waals surface area contributed by atoms with Crippen molar-refractivity contribution in [1.29, 1.82) is 0 Å². The predicted molar refractivity (Wildman–Crippen MR) is 74.7 cm³/mol. The SMILES string of the molecule is CC1(C)CCCN(S(=O)(=O)c2ccc(F)cc2)C1C(=O)O. The van der Waals surface area contributed by atoms with E-state index in [0.29, 0.717) is 12.8 Å². The van der Waals surface area contributed by atoms with Crippen molar-refractivity contribution in [3.63, 3.8) is 0 Å². The second-order valence-corrected chi connectivity index (χ2v) is 7.79. The van der Waals surface area contributed by atoms with E-state index in [9.17, 15) is 22.7 Å². The maximum Gasteiger partial charge on any atom is 0.322 e. The third kappa shape index (κ3) is 2.94. The molecule has 2 rings (SSSR count). The third-order valence-corrected chi connectivity index (χ3v) is 5.76. The van der Waals surface area contributed by atoms with Gasteiger partial charge in [0, 0.05) is 6.54 Å². The van der Waals surface area contributed by atoms with Crippen molar-refractivity contribution in [1.82, 2.24) is 4.31 Å². The maximum absolute atomic E-state index is 12.9. The van der Waals surface area contributed by atoms with Gasteiger partial charge in [-0.05, 0) is 42.5 Å². The molecule has 1 aromatic carbocycles. The zero-order valence-corrected chi connectivity index (χ0v) is 12.7. The van der Waals surface area contributed by atoms with Gasteiger partial charge in [-0.1, -0.05) is 13.8 Å². The highest BCUT2D eigenvalue weighted by molar-refractivity contribution is 7.89. The summed E-state index contributed by atoms with van der Waals surface area (Å²) in [6, 6.07) is 3.30. The van der Waals surface area contributed by atoms with Crippen LogP contribution < -0.4 is 0 Å². The van der Waals surface area contributed by atoms with E-state index in [2.05, 4.69) is 0 Å². The second-order valence-electron chi connectivity index (χ2n) is 5.90. The Morgan fingerprint density at radius 2 is 1.90 bits per heavy atom. The van der Waals surface area contributed by atoms with E-state index in [4.69, 9.17) is 0 Å². The highest BCUT2D eigenvalue weighted by atomic mass is 32.2. The molecule has 0 aliphatic carbocycles. The fraction of sp³-hybridized carbons (Fsp3) is 0.500. The first-order valence-corrected chi connectivity index (χ1v) is 8.10. The number of carboxylic acid groups (broad SMARTS) is 1. The summed E-state index contributed by atoms with van der Waals surface area (Å²) in [5, 5.41) is 9.43. The van der Waals surface area contributed by atoms with Gasteiger partial charge in [0.05, 0.1) is 4.90 Å². The molecule has 7 heteroatoms. The molecule has 1 aliphatic rings. The fourth-order valence-electron chi connectivity index (χ4n) is 2.80. The highest BCUT2D eigenvalue weighted by Crippen LogP contribution is 2.38. The standard InChI is InChI=1S/C14H18FNO4S/c1-14(2)8-3-9-16(12(14)13(17)18)21(19,20)11-6-4-10(15)5-7-11/h4-7,12H,3,8-9H2,1-2H3,(H,17,18). The lowest BCUT2D eigenvalue weighted by Gasteiger charge is -2.42. The van der Waals surface area contributed by atoms with Crippen LogP contribution >= 0.6 is 0 Å². The first kappa shape index (κ1) is 15.9. The van der Waals surface area contributed by atoms with Crippen molar-refractivity contribution in [3.05, 3.63) is 30.1 Å². The Morgan fingerprint density at radius 1 is 1.33 bits per heavy atom. The first-order valence-electron chi connectivity index (χ1n) is 6.66. The van der Waals surface area contributed by atoms with Crippen LogP contribution in [0.4, 0.5) is 4.39 Å². The smallest absolute Gasteiger partial charge is 0.322 e. The number of hydrogen-bond acceptors (Lipinski definition) is 3. The van der Waals surface area contributed by atoms with Crippen molar-refractivity contribution >= 4 is 16.0 Å². The summed E-state index contributed by atoms with van der Waals surface area (Å²) in [4.78, 5) is 11.5. The van der Waals surface area contributed by atoms with Crippen LogP contribution in [0.1, 0.15) is 26.7 Å². The summed E-state index contributed by atoms with van der Waals surface area (Å²) < 4.78 is 39.2. The molecule has 1 aliphatic heterocycles. The molecule has 1 unspecified atom stereocenters. The number of carboxylic acids is 1. The molecule has 0 bridgehead atoms. The summed E-state index contributed by atoms with van der Waals surface area (Å²) in [6.07, 6.45) is 1.23. The Morgan fingerprint density at radius 3 is 2.43 bits per heavy atom. The van der Waals surface area contributed by atoms with Crippen LogP contribution in [-0.2, 0) is 14.8 Å². The van der Waals surface area contributed by atoms with Crippen LogP contribution in [0.3, 0.4) is 0 Å². The van der Waals surface area contributed by atoms with Gasteiger partial charge >= 0.3 is 5.97 Å². The Labute approximate surface area is 123 Å². The van der Waals surface area contributed by atoms with Gasteiger partial charge in [-0.2, -0.15) is 4.31 Å². The minimum absolute atomic E-state index is 0.0900. The molecule has 116 valence electrons. The molecule has 1 heterocycles. The van der Waals surface area contributed by atoms with E-state index in [1.165, 1.54) is 0 Å². The van der Waals surface area contributed by atoms with E-state index in [-0.39, 0.29) is 11.4 Å². The molecule has 5 nitrogen and oxygen atoms in total. The topological polar surface area (TPSA) is 74.7 Å². The molecule has 0 radical (unpaired) electrons. The zero-order valence-electron chi connectivity index (χ0n) is 11.9. The molecular formula is C14H18FNO4S.